The van der Waals surface area contributed by atoms with Crippen LogP contribution in [0.4, 0.5) is 0 Å². The molecule has 4 bridgehead atoms. The Bertz CT molecular complexity index is 180. The topological polar surface area (TPSA) is 13.0 Å². The minimum atomic E-state index is 0.557. The van der Waals surface area contributed by atoms with E-state index in [1.165, 1.54) is 78.5 Å². The van der Waals surface area contributed by atoms with Gasteiger partial charge in [-0.1, -0.05) is 0 Å². The summed E-state index contributed by atoms with van der Waals surface area (Å²) in [5.74, 6) is 1.11. The summed E-state index contributed by atoms with van der Waals surface area (Å²) in [6.07, 6.45) is 0. The van der Waals surface area contributed by atoms with Crippen molar-refractivity contribution in [1.29, 1.82) is 0 Å². The Labute approximate surface area is 133 Å². The molecule has 0 aromatic carbocycles. The van der Waals surface area contributed by atoms with Crippen LogP contribution < -0.4 is 0 Å². The molecule has 6 rings (SSSR count). The first-order valence-electron chi connectivity index (χ1n) is 7.83. The van der Waals surface area contributed by atoms with E-state index in [1.807, 2.05) is 0 Å². The van der Waals surface area contributed by atoms with Crippen molar-refractivity contribution in [3.05, 3.63) is 0 Å². The van der Waals surface area contributed by atoms with E-state index in [4.69, 9.17) is 23.2 Å². The molecule has 0 atom stereocenters. The SMILES string of the molecule is C1CN2CCN1CC2.C1CN2CCN1CC2.ClCCCl. The lowest BCUT2D eigenvalue weighted by Crippen LogP contribution is -2.55. The van der Waals surface area contributed by atoms with Gasteiger partial charge in [-0.05, 0) is 0 Å². The van der Waals surface area contributed by atoms with E-state index in [2.05, 4.69) is 19.6 Å². The number of halogens is 2. The van der Waals surface area contributed by atoms with Crippen LogP contribution >= 0.6 is 23.2 Å². The van der Waals surface area contributed by atoms with E-state index in [1.54, 1.807) is 0 Å². The minimum absolute atomic E-state index is 0.557. The van der Waals surface area contributed by atoms with Gasteiger partial charge in [-0.3, -0.25) is 19.6 Å². The molecule has 20 heavy (non-hydrogen) atoms. The number of hydrogen-bond donors (Lipinski definition) is 0. The van der Waals surface area contributed by atoms with Crippen molar-refractivity contribution in [2.24, 2.45) is 0 Å². The van der Waals surface area contributed by atoms with Crippen LogP contribution in [0.15, 0.2) is 0 Å². The number of fused-ring (bicyclic) bond motifs is 6. The molecule has 0 aliphatic carbocycles. The zero-order chi connectivity index (χ0) is 14.2. The normalized spacial score (nSPS) is 37.5. The maximum absolute atomic E-state index is 5.05. The molecular weight excluding hydrogens is 295 g/mol. The van der Waals surface area contributed by atoms with Gasteiger partial charge in [0.2, 0.25) is 0 Å². The number of hydrogen-bond acceptors (Lipinski definition) is 4. The summed E-state index contributed by atoms with van der Waals surface area (Å²) >= 11 is 10.1. The fourth-order valence-corrected chi connectivity index (χ4v) is 3.04. The largest absolute Gasteiger partial charge is 0.300 e. The van der Waals surface area contributed by atoms with Gasteiger partial charge in [-0.2, -0.15) is 0 Å². The molecule has 0 amide bonds. The summed E-state index contributed by atoms with van der Waals surface area (Å²) in [5.41, 5.74) is 0. The lowest BCUT2D eigenvalue weighted by molar-refractivity contribution is 0.0647. The smallest absolute Gasteiger partial charge is 0.0359 e. The number of alkyl halides is 2. The molecule has 0 unspecified atom stereocenters. The van der Waals surface area contributed by atoms with Crippen LogP contribution in [0.3, 0.4) is 0 Å². The Morgan fingerprint density at radius 2 is 0.550 bits per heavy atom. The molecule has 0 spiro atoms. The standard InChI is InChI=1S/2C6H12N2.C2H4Cl2/c2*1-2-8-5-3-7(1)4-6-8;3-1-2-4/h2*1-6H2;1-2H2. The van der Waals surface area contributed by atoms with Crippen molar-refractivity contribution in [3.63, 3.8) is 0 Å². The summed E-state index contributed by atoms with van der Waals surface area (Å²) in [5, 5.41) is 0. The minimum Gasteiger partial charge on any atom is -0.300 e. The molecule has 118 valence electrons. The van der Waals surface area contributed by atoms with Crippen molar-refractivity contribution < 1.29 is 0 Å². The highest BCUT2D eigenvalue weighted by Crippen LogP contribution is 2.07. The third kappa shape index (κ3) is 5.66. The van der Waals surface area contributed by atoms with E-state index in [9.17, 15) is 0 Å². The highest BCUT2D eigenvalue weighted by molar-refractivity contribution is 6.25. The molecule has 6 heterocycles. The summed E-state index contributed by atoms with van der Waals surface area (Å²) in [6, 6.07) is 0. The van der Waals surface area contributed by atoms with Gasteiger partial charge in [0.1, 0.15) is 0 Å². The van der Waals surface area contributed by atoms with Gasteiger partial charge in [0.15, 0.2) is 0 Å². The van der Waals surface area contributed by atoms with Gasteiger partial charge in [0.05, 0.1) is 0 Å². The molecule has 6 heteroatoms. The predicted molar refractivity (Wildman–Crippen MR) is 87.2 cm³/mol. The fourth-order valence-electron chi connectivity index (χ4n) is 3.04. The molecule has 4 nitrogen and oxygen atoms in total. The van der Waals surface area contributed by atoms with Gasteiger partial charge in [-0.25, -0.2) is 0 Å². The Balaban J connectivity index is 0.000000118. The Hall–Kier alpha value is 0.420. The number of piperazine rings is 6. The lowest BCUT2D eigenvalue weighted by Gasteiger charge is -2.41. The maximum Gasteiger partial charge on any atom is 0.0359 e. The van der Waals surface area contributed by atoms with E-state index in [0.29, 0.717) is 11.8 Å². The van der Waals surface area contributed by atoms with Crippen LogP contribution in [0.2, 0.25) is 0 Å². The quantitative estimate of drug-likeness (QED) is 0.659. The second-order valence-corrected chi connectivity index (χ2v) is 6.50. The first-order valence-corrected chi connectivity index (χ1v) is 8.90. The van der Waals surface area contributed by atoms with E-state index >= 15 is 0 Å². The second kappa shape index (κ2) is 9.44. The molecule has 0 aromatic rings. The van der Waals surface area contributed by atoms with Crippen LogP contribution in [0.5, 0.6) is 0 Å². The zero-order valence-corrected chi connectivity index (χ0v) is 14.0. The number of rotatable bonds is 1. The fraction of sp³-hybridized carbons (Fsp3) is 1.00. The molecule has 6 aliphatic heterocycles. The van der Waals surface area contributed by atoms with Gasteiger partial charge in [-0.15, -0.1) is 23.2 Å². The Morgan fingerprint density at radius 3 is 0.600 bits per heavy atom. The molecule has 0 saturated carbocycles. The van der Waals surface area contributed by atoms with Crippen LogP contribution in [-0.4, -0.2) is 110 Å². The molecule has 6 aliphatic rings. The van der Waals surface area contributed by atoms with E-state index in [-0.39, 0.29) is 0 Å². The molecule has 0 N–H and O–H groups in total. The number of nitrogens with zero attached hydrogens (tertiary/aromatic N) is 4. The third-order valence-electron chi connectivity index (χ3n) is 4.47. The molecule has 6 saturated heterocycles. The Kier molecular flexibility index (Phi) is 7.92. The van der Waals surface area contributed by atoms with Crippen LogP contribution in [0.1, 0.15) is 0 Å². The maximum atomic E-state index is 5.05. The summed E-state index contributed by atoms with van der Waals surface area (Å²) in [7, 11) is 0. The van der Waals surface area contributed by atoms with Crippen LogP contribution in [-0.2, 0) is 0 Å². The summed E-state index contributed by atoms with van der Waals surface area (Å²) in [4.78, 5) is 10.2. The van der Waals surface area contributed by atoms with Crippen LogP contribution in [0, 0.1) is 0 Å². The first kappa shape index (κ1) is 16.8. The molecule has 6 fully saturated rings. The zero-order valence-electron chi connectivity index (χ0n) is 12.4. The molecular formula is C14H28Cl2N4. The predicted octanol–water partition coefficient (Wildman–Crippen LogP) is 0.699. The van der Waals surface area contributed by atoms with Crippen molar-refractivity contribution in [2.75, 3.05) is 90.3 Å². The van der Waals surface area contributed by atoms with Crippen molar-refractivity contribution in [1.82, 2.24) is 19.6 Å². The van der Waals surface area contributed by atoms with Crippen molar-refractivity contribution in [3.8, 4) is 0 Å². The lowest BCUT2D eigenvalue weighted by atomic mass is 10.2. The van der Waals surface area contributed by atoms with Gasteiger partial charge in [0.25, 0.3) is 0 Å². The molecule has 0 radical (unpaired) electrons. The van der Waals surface area contributed by atoms with Gasteiger partial charge >= 0.3 is 0 Å². The van der Waals surface area contributed by atoms with E-state index in [0.717, 1.165) is 0 Å². The van der Waals surface area contributed by atoms with Gasteiger partial charge < -0.3 is 0 Å². The average Bonchev–Trinajstić information content (AvgIpc) is 2.59. The highest BCUT2D eigenvalue weighted by Gasteiger charge is 2.22. The highest BCUT2D eigenvalue weighted by atomic mass is 35.5. The van der Waals surface area contributed by atoms with Crippen LogP contribution in [0.25, 0.3) is 0 Å². The Morgan fingerprint density at radius 1 is 0.400 bits per heavy atom. The first-order chi connectivity index (χ1) is 9.81. The summed E-state index contributed by atoms with van der Waals surface area (Å²) in [6.45, 7) is 15.8. The summed E-state index contributed by atoms with van der Waals surface area (Å²) < 4.78 is 0. The average molecular weight is 323 g/mol. The monoisotopic (exact) mass is 322 g/mol. The van der Waals surface area contributed by atoms with Crippen molar-refractivity contribution >= 4 is 23.2 Å². The molecule has 0 aromatic heterocycles. The second-order valence-electron chi connectivity index (χ2n) is 5.74. The van der Waals surface area contributed by atoms with E-state index < -0.39 is 0 Å². The van der Waals surface area contributed by atoms with Gasteiger partial charge in [0, 0.05) is 90.3 Å². The third-order valence-corrected chi connectivity index (χ3v) is 5.04. The van der Waals surface area contributed by atoms with Crippen molar-refractivity contribution in [2.45, 2.75) is 0 Å².